The normalized spacial score (nSPS) is 12.4. The number of halogens is 1. The van der Waals surface area contributed by atoms with Crippen LogP contribution in [0.5, 0.6) is 0 Å². The summed E-state index contributed by atoms with van der Waals surface area (Å²) in [4.78, 5) is 18.7. The summed E-state index contributed by atoms with van der Waals surface area (Å²) in [5.74, 6) is -0.100. The van der Waals surface area contributed by atoms with Gasteiger partial charge in [-0.15, -0.1) is 11.3 Å². The third-order valence-corrected chi connectivity index (χ3v) is 7.70. The standard InChI is InChI=1S/C21H22ClN3O3S2/c1-14-18(22)10-7-11-19(14)30(27,28)24-21-23-17(13-29-21)12-20(26)25(3)15(2)16-8-5-4-6-9-16/h4-11,13,15H,12H2,1-3H3,(H,23,24)/t15-/m0/s1. The monoisotopic (exact) mass is 463 g/mol. The Labute approximate surface area is 185 Å². The third-order valence-electron chi connectivity index (χ3n) is 4.87. The quantitative estimate of drug-likeness (QED) is 0.552. The van der Waals surface area contributed by atoms with Crippen molar-refractivity contribution < 1.29 is 13.2 Å². The molecule has 30 heavy (non-hydrogen) atoms. The van der Waals surface area contributed by atoms with Gasteiger partial charge in [-0.05, 0) is 37.1 Å². The number of aromatic nitrogens is 1. The van der Waals surface area contributed by atoms with Crippen molar-refractivity contribution in [2.45, 2.75) is 31.2 Å². The molecule has 0 fully saturated rings. The average Bonchev–Trinajstić information content (AvgIpc) is 3.15. The zero-order chi connectivity index (χ0) is 21.9. The van der Waals surface area contributed by atoms with Gasteiger partial charge in [0, 0.05) is 17.5 Å². The van der Waals surface area contributed by atoms with Crippen molar-refractivity contribution in [3.8, 4) is 0 Å². The molecule has 6 nitrogen and oxygen atoms in total. The molecule has 9 heteroatoms. The van der Waals surface area contributed by atoms with Gasteiger partial charge in [0.2, 0.25) is 5.91 Å². The molecule has 158 valence electrons. The van der Waals surface area contributed by atoms with Crippen LogP contribution in [0, 0.1) is 6.92 Å². The Balaban J connectivity index is 1.69. The molecule has 1 heterocycles. The number of anilines is 1. The van der Waals surface area contributed by atoms with E-state index in [1.807, 2.05) is 37.3 Å². The smallest absolute Gasteiger partial charge is 0.263 e. The van der Waals surface area contributed by atoms with Crippen LogP contribution < -0.4 is 4.72 Å². The topological polar surface area (TPSA) is 79.4 Å². The van der Waals surface area contributed by atoms with Gasteiger partial charge in [-0.3, -0.25) is 9.52 Å². The molecule has 1 aromatic heterocycles. The van der Waals surface area contributed by atoms with Crippen molar-refractivity contribution in [1.82, 2.24) is 9.88 Å². The molecule has 0 spiro atoms. The maximum absolute atomic E-state index is 12.7. The lowest BCUT2D eigenvalue weighted by Gasteiger charge is -2.25. The number of rotatable bonds is 7. The van der Waals surface area contributed by atoms with Gasteiger partial charge >= 0.3 is 0 Å². The second-order valence-corrected chi connectivity index (χ2v) is 9.80. The molecular formula is C21H22ClN3O3S2. The van der Waals surface area contributed by atoms with E-state index in [0.717, 1.165) is 16.9 Å². The first kappa shape index (κ1) is 22.3. The fourth-order valence-electron chi connectivity index (χ4n) is 2.93. The fourth-order valence-corrected chi connectivity index (χ4v) is 5.40. The molecule has 0 aliphatic carbocycles. The van der Waals surface area contributed by atoms with Gasteiger partial charge in [0.1, 0.15) is 0 Å². The number of amides is 1. The number of sulfonamides is 1. The largest absolute Gasteiger partial charge is 0.339 e. The number of benzene rings is 2. The maximum atomic E-state index is 12.7. The van der Waals surface area contributed by atoms with E-state index in [2.05, 4.69) is 9.71 Å². The lowest BCUT2D eigenvalue weighted by molar-refractivity contribution is -0.131. The van der Waals surface area contributed by atoms with Gasteiger partial charge in [-0.1, -0.05) is 48.0 Å². The SMILES string of the molecule is Cc1c(Cl)cccc1S(=O)(=O)Nc1nc(CC(=O)N(C)[C@@H](C)c2ccccc2)cs1. The van der Waals surface area contributed by atoms with E-state index in [0.29, 0.717) is 16.3 Å². The molecule has 1 amide bonds. The highest BCUT2D eigenvalue weighted by Gasteiger charge is 2.21. The molecule has 0 aliphatic heterocycles. The summed E-state index contributed by atoms with van der Waals surface area (Å²) in [6.07, 6.45) is 0.0854. The summed E-state index contributed by atoms with van der Waals surface area (Å²) in [7, 11) is -2.08. The van der Waals surface area contributed by atoms with E-state index in [9.17, 15) is 13.2 Å². The molecule has 1 atom stereocenters. The lowest BCUT2D eigenvalue weighted by atomic mass is 10.1. The summed E-state index contributed by atoms with van der Waals surface area (Å²) in [6, 6.07) is 14.4. The summed E-state index contributed by atoms with van der Waals surface area (Å²) in [5, 5.41) is 2.26. The van der Waals surface area contributed by atoms with Gasteiger partial charge < -0.3 is 4.90 Å². The third kappa shape index (κ3) is 5.00. The molecule has 1 N–H and O–H groups in total. The van der Waals surface area contributed by atoms with E-state index in [1.165, 1.54) is 6.07 Å². The van der Waals surface area contributed by atoms with Gasteiger partial charge in [0.05, 0.1) is 23.1 Å². The van der Waals surface area contributed by atoms with Crippen molar-refractivity contribution in [3.63, 3.8) is 0 Å². The number of nitrogens with zero attached hydrogens (tertiary/aromatic N) is 2. The molecule has 0 bridgehead atoms. The van der Waals surface area contributed by atoms with E-state index < -0.39 is 10.0 Å². The first-order chi connectivity index (χ1) is 14.2. The average molecular weight is 464 g/mol. The molecule has 3 rings (SSSR count). The van der Waals surface area contributed by atoms with Crippen molar-refractivity contribution >= 4 is 44.0 Å². The fraction of sp³-hybridized carbons (Fsp3) is 0.238. The number of hydrogen-bond acceptors (Lipinski definition) is 5. The maximum Gasteiger partial charge on any atom is 0.263 e. The zero-order valence-corrected chi connectivity index (χ0v) is 19.2. The minimum atomic E-state index is -3.83. The first-order valence-corrected chi connectivity index (χ1v) is 12.0. The van der Waals surface area contributed by atoms with Gasteiger partial charge in [-0.2, -0.15) is 0 Å². The Morgan fingerprint density at radius 2 is 1.90 bits per heavy atom. The summed E-state index contributed by atoms with van der Waals surface area (Å²) in [6.45, 7) is 3.60. The van der Waals surface area contributed by atoms with E-state index >= 15 is 0 Å². The minimum Gasteiger partial charge on any atom is -0.339 e. The summed E-state index contributed by atoms with van der Waals surface area (Å²) in [5.41, 5.74) is 2.02. The Morgan fingerprint density at radius 3 is 2.60 bits per heavy atom. The number of carbonyl (C=O) groups is 1. The molecule has 0 saturated heterocycles. The predicted octanol–water partition coefficient (Wildman–Crippen LogP) is 4.67. The van der Waals surface area contributed by atoms with Crippen LogP contribution in [0.3, 0.4) is 0 Å². The van der Waals surface area contributed by atoms with E-state index in [1.54, 1.807) is 36.4 Å². The number of nitrogens with one attached hydrogen (secondary N) is 1. The number of likely N-dealkylation sites (N-methyl/N-ethyl adjacent to an activating group) is 1. The van der Waals surface area contributed by atoms with Gasteiger partial charge in [0.25, 0.3) is 10.0 Å². The number of thiazole rings is 1. The van der Waals surface area contributed by atoms with Crippen molar-refractivity contribution in [2.24, 2.45) is 0 Å². The van der Waals surface area contributed by atoms with Crippen LogP contribution in [0.4, 0.5) is 5.13 Å². The highest BCUT2D eigenvalue weighted by atomic mass is 35.5. The van der Waals surface area contributed by atoms with Crippen LogP contribution >= 0.6 is 22.9 Å². The van der Waals surface area contributed by atoms with Crippen LogP contribution in [0.2, 0.25) is 5.02 Å². The van der Waals surface area contributed by atoms with Crippen molar-refractivity contribution in [1.29, 1.82) is 0 Å². The highest BCUT2D eigenvalue weighted by Crippen LogP contribution is 2.26. The minimum absolute atomic E-state index is 0.0823. The van der Waals surface area contributed by atoms with Crippen LogP contribution in [-0.4, -0.2) is 31.3 Å². The van der Waals surface area contributed by atoms with Crippen molar-refractivity contribution in [2.75, 3.05) is 11.8 Å². The number of carbonyl (C=O) groups excluding carboxylic acids is 1. The van der Waals surface area contributed by atoms with Crippen LogP contribution in [0.1, 0.15) is 29.8 Å². The van der Waals surface area contributed by atoms with Gasteiger partial charge in [-0.25, -0.2) is 13.4 Å². The second-order valence-electron chi connectivity index (χ2n) is 6.88. The van der Waals surface area contributed by atoms with Crippen LogP contribution in [-0.2, 0) is 21.2 Å². The Hall–Kier alpha value is -2.42. The van der Waals surface area contributed by atoms with Crippen LogP contribution in [0.25, 0.3) is 0 Å². The van der Waals surface area contributed by atoms with E-state index in [-0.39, 0.29) is 28.4 Å². The second kappa shape index (κ2) is 9.16. The molecule has 0 aliphatic rings. The van der Waals surface area contributed by atoms with Crippen LogP contribution in [0.15, 0.2) is 58.8 Å². The molecule has 3 aromatic rings. The molecule has 0 saturated carbocycles. The summed E-state index contributed by atoms with van der Waals surface area (Å²) >= 11 is 7.17. The lowest BCUT2D eigenvalue weighted by Crippen LogP contribution is -2.31. The molecule has 2 aromatic carbocycles. The summed E-state index contributed by atoms with van der Waals surface area (Å²) < 4.78 is 27.8. The Morgan fingerprint density at radius 1 is 1.20 bits per heavy atom. The van der Waals surface area contributed by atoms with Crippen molar-refractivity contribution in [3.05, 3.63) is 75.8 Å². The predicted molar refractivity (Wildman–Crippen MR) is 120 cm³/mol. The molecular weight excluding hydrogens is 442 g/mol. The highest BCUT2D eigenvalue weighted by molar-refractivity contribution is 7.93. The van der Waals surface area contributed by atoms with E-state index in [4.69, 9.17) is 11.6 Å². The first-order valence-electron chi connectivity index (χ1n) is 9.22. The Bertz CT molecular complexity index is 1150. The number of hydrogen-bond donors (Lipinski definition) is 1. The molecule has 0 radical (unpaired) electrons. The van der Waals surface area contributed by atoms with Gasteiger partial charge in [0.15, 0.2) is 5.13 Å². The zero-order valence-electron chi connectivity index (χ0n) is 16.8. The molecule has 0 unspecified atom stereocenters. The Kier molecular flexibility index (Phi) is 6.80.